The van der Waals surface area contributed by atoms with Crippen molar-refractivity contribution < 1.29 is 19.2 Å². The topological polar surface area (TPSA) is 91.6 Å². The van der Waals surface area contributed by atoms with Crippen molar-refractivity contribution in [1.29, 1.82) is 0 Å². The van der Waals surface area contributed by atoms with Gasteiger partial charge in [0.2, 0.25) is 0 Å². The van der Waals surface area contributed by atoms with E-state index in [1.807, 2.05) is 0 Å². The van der Waals surface area contributed by atoms with Crippen molar-refractivity contribution in [3.8, 4) is 5.88 Å². The number of hydrogen-bond acceptors (Lipinski definition) is 6. The van der Waals surface area contributed by atoms with Crippen LogP contribution in [0.3, 0.4) is 0 Å². The molecule has 1 aromatic heterocycles. The number of nitro groups is 1. The Labute approximate surface area is 175 Å². The lowest BCUT2D eigenvalue weighted by atomic mass is 9.86. The molecule has 0 saturated carbocycles. The van der Waals surface area contributed by atoms with Gasteiger partial charge in [-0.25, -0.2) is 9.78 Å². The molecule has 0 unspecified atom stereocenters. The molecule has 0 aliphatic rings. The fourth-order valence-corrected chi connectivity index (χ4v) is 3.23. The van der Waals surface area contributed by atoms with Crippen LogP contribution in [0.2, 0.25) is 0 Å². The molecule has 0 bridgehead atoms. The smallest absolute Gasteiger partial charge is 0.360 e. The van der Waals surface area contributed by atoms with Crippen LogP contribution in [0.25, 0.3) is 0 Å². The first-order valence-electron chi connectivity index (χ1n) is 8.76. The number of halogens is 1. The number of esters is 1. The van der Waals surface area contributed by atoms with E-state index in [9.17, 15) is 14.9 Å². The monoisotopic (exact) mass is 456 g/mol. The van der Waals surface area contributed by atoms with Crippen molar-refractivity contribution in [3.05, 3.63) is 98.6 Å². The Balaban J connectivity index is 2.28. The van der Waals surface area contributed by atoms with Crippen LogP contribution >= 0.6 is 15.9 Å². The fourth-order valence-electron chi connectivity index (χ4n) is 2.91. The van der Waals surface area contributed by atoms with Gasteiger partial charge in [0.25, 0.3) is 11.5 Å². The first-order chi connectivity index (χ1) is 14.0. The SMILES string of the molecule is CCOC(=O)C(Oc1ncc(Br)cc1[N+](=O)[O-])(c1ccccc1)c1ccccc1. The second-order valence-electron chi connectivity index (χ2n) is 5.97. The molecule has 0 aliphatic heterocycles. The molecule has 0 amide bonds. The Bertz CT molecular complexity index is 973. The number of nitrogens with zero attached hydrogens (tertiary/aromatic N) is 2. The maximum Gasteiger partial charge on any atom is 0.360 e. The third-order valence-corrected chi connectivity index (χ3v) is 4.60. The first kappa shape index (κ1) is 20.5. The van der Waals surface area contributed by atoms with E-state index in [1.54, 1.807) is 67.6 Å². The molecular weight excluding hydrogens is 440 g/mol. The van der Waals surface area contributed by atoms with E-state index < -0.39 is 16.5 Å². The number of aromatic nitrogens is 1. The van der Waals surface area contributed by atoms with Gasteiger partial charge in [-0.05, 0) is 22.9 Å². The molecule has 0 spiro atoms. The molecule has 0 aliphatic carbocycles. The molecule has 0 atom stereocenters. The van der Waals surface area contributed by atoms with Gasteiger partial charge in [-0.2, -0.15) is 0 Å². The average Bonchev–Trinajstić information content (AvgIpc) is 2.74. The van der Waals surface area contributed by atoms with Crippen LogP contribution in [0, 0.1) is 10.1 Å². The van der Waals surface area contributed by atoms with Crippen LogP contribution in [-0.4, -0.2) is 22.5 Å². The van der Waals surface area contributed by atoms with Gasteiger partial charge >= 0.3 is 11.7 Å². The lowest BCUT2D eigenvalue weighted by Crippen LogP contribution is -2.44. The number of ether oxygens (including phenoxy) is 2. The van der Waals surface area contributed by atoms with E-state index in [-0.39, 0.29) is 18.2 Å². The summed E-state index contributed by atoms with van der Waals surface area (Å²) in [5, 5.41) is 11.6. The zero-order chi connectivity index (χ0) is 20.9. The Morgan fingerprint density at radius 3 is 2.14 bits per heavy atom. The van der Waals surface area contributed by atoms with Crippen LogP contribution in [0.1, 0.15) is 18.1 Å². The number of benzene rings is 2. The molecule has 0 fully saturated rings. The van der Waals surface area contributed by atoms with Crippen molar-refractivity contribution in [1.82, 2.24) is 4.98 Å². The van der Waals surface area contributed by atoms with Gasteiger partial charge in [0.15, 0.2) is 0 Å². The zero-order valence-electron chi connectivity index (χ0n) is 15.4. The minimum absolute atomic E-state index is 0.111. The van der Waals surface area contributed by atoms with Crippen molar-refractivity contribution >= 4 is 27.6 Å². The third-order valence-electron chi connectivity index (χ3n) is 4.17. The average molecular weight is 457 g/mol. The van der Waals surface area contributed by atoms with E-state index in [1.165, 1.54) is 12.3 Å². The third kappa shape index (κ3) is 4.12. The summed E-state index contributed by atoms with van der Waals surface area (Å²) in [5.74, 6) is -0.990. The van der Waals surface area contributed by atoms with E-state index >= 15 is 0 Å². The number of carbonyl (C=O) groups is 1. The first-order valence-corrected chi connectivity index (χ1v) is 9.55. The Hall–Kier alpha value is -3.26. The van der Waals surface area contributed by atoms with Crippen LogP contribution in [0.15, 0.2) is 77.4 Å². The molecule has 0 saturated heterocycles. The minimum Gasteiger partial charge on any atom is -0.462 e. The van der Waals surface area contributed by atoms with Crippen LogP contribution in [0.4, 0.5) is 5.69 Å². The normalized spacial score (nSPS) is 11.0. The van der Waals surface area contributed by atoms with Gasteiger partial charge in [0, 0.05) is 27.9 Å². The van der Waals surface area contributed by atoms with Crippen molar-refractivity contribution in [3.63, 3.8) is 0 Å². The summed E-state index contributed by atoms with van der Waals surface area (Å²) in [6.45, 7) is 1.79. The second kappa shape index (κ2) is 8.83. The van der Waals surface area contributed by atoms with E-state index in [0.717, 1.165) is 0 Å². The highest BCUT2D eigenvalue weighted by Crippen LogP contribution is 2.39. The molecule has 3 rings (SSSR count). The zero-order valence-corrected chi connectivity index (χ0v) is 17.0. The molecule has 3 aromatic rings. The molecule has 7 nitrogen and oxygen atoms in total. The Kier molecular flexibility index (Phi) is 6.23. The Morgan fingerprint density at radius 1 is 1.10 bits per heavy atom. The standard InChI is InChI=1S/C21H17BrN2O5/c1-2-28-20(25)21(15-9-5-3-6-10-15,16-11-7-4-8-12-16)29-19-18(24(26)27)13-17(22)14-23-19/h3-14H,2H2,1H3. The van der Waals surface area contributed by atoms with Gasteiger partial charge in [-0.3, -0.25) is 10.1 Å². The van der Waals surface area contributed by atoms with Crippen molar-refractivity contribution in [2.75, 3.05) is 6.61 Å². The summed E-state index contributed by atoms with van der Waals surface area (Å²) < 4.78 is 11.8. The molecule has 8 heteroatoms. The van der Waals surface area contributed by atoms with Crippen LogP contribution in [-0.2, 0) is 15.1 Å². The van der Waals surface area contributed by atoms with Gasteiger partial charge < -0.3 is 9.47 Å². The molecule has 2 aromatic carbocycles. The second-order valence-corrected chi connectivity index (χ2v) is 6.89. The van der Waals surface area contributed by atoms with Crippen molar-refractivity contribution in [2.24, 2.45) is 0 Å². The Morgan fingerprint density at radius 2 is 1.66 bits per heavy atom. The summed E-state index contributed by atoms with van der Waals surface area (Å²) in [5.41, 5.74) is -1.23. The summed E-state index contributed by atoms with van der Waals surface area (Å²) in [7, 11) is 0. The van der Waals surface area contributed by atoms with E-state index in [4.69, 9.17) is 9.47 Å². The number of carbonyl (C=O) groups excluding carboxylic acids is 1. The van der Waals surface area contributed by atoms with E-state index in [0.29, 0.717) is 15.6 Å². The summed E-state index contributed by atoms with van der Waals surface area (Å²) in [6.07, 6.45) is 1.37. The lowest BCUT2D eigenvalue weighted by molar-refractivity contribution is -0.386. The molecule has 148 valence electrons. The fraction of sp³-hybridized carbons (Fsp3) is 0.143. The van der Waals surface area contributed by atoms with Crippen LogP contribution in [0.5, 0.6) is 5.88 Å². The summed E-state index contributed by atoms with van der Waals surface area (Å²) >= 11 is 3.17. The highest BCUT2D eigenvalue weighted by atomic mass is 79.9. The number of pyridine rings is 1. The molecule has 0 radical (unpaired) electrons. The quantitative estimate of drug-likeness (QED) is 0.292. The largest absolute Gasteiger partial charge is 0.462 e. The molecule has 29 heavy (non-hydrogen) atoms. The minimum atomic E-state index is -1.77. The van der Waals surface area contributed by atoms with Crippen molar-refractivity contribution in [2.45, 2.75) is 12.5 Å². The van der Waals surface area contributed by atoms with E-state index in [2.05, 4.69) is 20.9 Å². The highest BCUT2D eigenvalue weighted by Gasteiger charge is 2.48. The predicted molar refractivity (Wildman–Crippen MR) is 110 cm³/mol. The summed E-state index contributed by atoms with van der Waals surface area (Å²) in [6, 6.07) is 18.7. The molecular formula is C21H17BrN2O5. The van der Waals surface area contributed by atoms with Gasteiger partial charge in [-0.15, -0.1) is 0 Å². The molecule has 1 heterocycles. The maximum absolute atomic E-state index is 13.3. The highest BCUT2D eigenvalue weighted by molar-refractivity contribution is 9.10. The van der Waals surface area contributed by atoms with Gasteiger partial charge in [0.05, 0.1) is 11.5 Å². The van der Waals surface area contributed by atoms with Gasteiger partial charge in [0.1, 0.15) is 0 Å². The van der Waals surface area contributed by atoms with Gasteiger partial charge in [-0.1, -0.05) is 60.7 Å². The predicted octanol–water partition coefficient (Wildman–Crippen LogP) is 4.64. The number of rotatable bonds is 7. The maximum atomic E-state index is 13.3. The summed E-state index contributed by atoms with van der Waals surface area (Å²) in [4.78, 5) is 28.3. The van der Waals surface area contributed by atoms with Crippen LogP contribution < -0.4 is 4.74 Å². The number of hydrogen-bond donors (Lipinski definition) is 0. The lowest BCUT2D eigenvalue weighted by Gasteiger charge is -2.32. The molecule has 0 N–H and O–H groups in total.